The van der Waals surface area contributed by atoms with Crippen LogP contribution in [-0.2, 0) is 11.4 Å². The second-order valence-electron chi connectivity index (χ2n) is 9.34. The van der Waals surface area contributed by atoms with Gasteiger partial charge < -0.3 is 24.7 Å². The zero-order chi connectivity index (χ0) is 30.5. The standard InChI is InChI=1S/C33H23Cl3N2O5/c1-40-30-14-20(7-12-28(30)41-18-21-4-2-3-5-26(21)35)32-24-11-10-23(16-29(24)43-33(38)25(32)17-37)42-31(39)13-8-19-6-9-22(34)15-27(19)36/h2-16,32H,18,38H2,1H3/b13-8+. The summed E-state index contributed by atoms with van der Waals surface area (Å²) < 4.78 is 22.9. The van der Waals surface area contributed by atoms with E-state index in [-0.39, 0.29) is 23.8 Å². The number of carbonyl (C=O) groups is 1. The summed E-state index contributed by atoms with van der Waals surface area (Å²) in [5, 5.41) is 11.5. The van der Waals surface area contributed by atoms with Crippen LogP contribution >= 0.6 is 34.8 Å². The van der Waals surface area contributed by atoms with E-state index in [1.807, 2.05) is 24.3 Å². The Morgan fingerprint density at radius 1 is 1.00 bits per heavy atom. The number of allylic oxidation sites excluding steroid dienone is 1. The SMILES string of the molecule is COc1cc(C2C(C#N)=C(N)Oc3cc(OC(=O)/C=C/c4ccc(Cl)cc4Cl)ccc32)ccc1OCc1ccccc1Cl. The molecule has 216 valence electrons. The molecule has 1 aliphatic heterocycles. The molecule has 0 aliphatic carbocycles. The van der Waals surface area contributed by atoms with Crippen LogP contribution in [0.2, 0.25) is 15.1 Å². The molecular formula is C33H23Cl3N2O5. The minimum atomic E-state index is -0.628. The van der Waals surface area contributed by atoms with Crippen molar-refractivity contribution < 1.29 is 23.7 Å². The molecule has 4 aromatic carbocycles. The Morgan fingerprint density at radius 3 is 2.56 bits per heavy atom. The first kappa shape index (κ1) is 29.9. The molecule has 2 N–H and O–H groups in total. The molecule has 0 fully saturated rings. The molecule has 0 aromatic heterocycles. The van der Waals surface area contributed by atoms with E-state index in [9.17, 15) is 10.1 Å². The Bertz CT molecular complexity index is 1810. The van der Waals surface area contributed by atoms with Crippen LogP contribution < -0.4 is 24.7 Å². The molecule has 0 bridgehead atoms. The van der Waals surface area contributed by atoms with E-state index in [0.29, 0.717) is 43.4 Å². The Morgan fingerprint density at radius 2 is 1.81 bits per heavy atom. The van der Waals surface area contributed by atoms with Crippen molar-refractivity contribution in [3.63, 3.8) is 0 Å². The molecular weight excluding hydrogens is 611 g/mol. The van der Waals surface area contributed by atoms with Gasteiger partial charge in [-0.3, -0.25) is 0 Å². The molecule has 1 unspecified atom stereocenters. The number of fused-ring (bicyclic) bond motifs is 1. The van der Waals surface area contributed by atoms with Gasteiger partial charge in [0.25, 0.3) is 0 Å². The molecule has 0 saturated heterocycles. The third-order valence-electron chi connectivity index (χ3n) is 6.63. The number of nitrogens with two attached hydrogens (primary N) is 1. The summed E-state index contributed by atoms with van der Waals surface area (Å²) in [6.45, 7) is 0.245. The number of ether oxygens (including phenoxy) is 4. The fourth-order valence-corrected chi connectivity index (χ4v) is 5.20. The van der Waals surface area contributed by atoms with Crippen molar-refractivity contribution >= 4 is 46.8 Å². The Labute approximate surface area is 263 Å². The molecule has 0 spiro atoms. The predicted molar refractivity (Wildman–Crippen MR) is 166 cm³/mol. The van der Waals surface area contributed by atoms with Crippen molar-refractivity contribution in [2.45, 2.75) is 12.5 Å². The third kappa shape index (κ3) is 6.73. The lowest BCUT2D eigenvalue weighted by atomic mass is 9.83. The van der Waals surface area contributed by atoms with E-state index in [4.69, 9.17) is 59.5 Å². The fourth-order valence-electron chi connectivity index (χ4n) is 4.54. The molecule has 10 heteroatoms. The molecule has 1 aliphatic rings. The van der Waals surface area contributed by atoms with Crippen molar-refractivity contribution in [3.05, 3.63) is 134 Å². The zero-order valence-corrected chi connectivity index (χ0v) is 24.9. The Kier molecular flexibility index (Phi) is 9.13. The van der Waals surface area contributed by atoms with Gasteiger partial charge in [-0.05, 0) is 53.6 Å². The van der Waals surface area contributed by atoms with Crippen LogP contribution in [0.4, 0.5) is 0 Å². The first-order valence-electron chi connectivity index (χ1n) is 12.9. The summed E-state index contributed by atoms with van der Waals surface area (Å²) in [6, 6.07) is 24.8. The summed E-state index contributed by atoms with van der Waals surface area (Å²) in [4.78, 5) is 12.5. The van der Waals surface area contributed by atoms with Crippen LogP contribution in [0.3, 0.4) is 0 Å². The Balaban J connectivity index is 1.39. The lowest BCUT2D eigenvalue weighted by molar-refractivity contribution is -0.128. The summed E-state index contributed by atoms with van der Waals surface area (Å²) in [7, 11) is 1.53. The van der Waals surface area contributed by atoms with E-state index in [2.05, 4.69) is 6.07 Å². The molecule has 0 saturated carbocycles. The van der Waals surface area contributed by atoms with Crippen molar-refractivity contribution in [1.82, 2.24) is 0 Å². The fraction of sp³-hybridized carbons (Fsp3) is 0.0909. The van der Waals surface area contributed by atoms with Gasteiger partial charge in [-0.1, -0.05) is 71.2 Å². The number of hydrogen-bond acceptors (Lipinski definition) is 7. The molecule has 1 heterocycles. The van der Waals surface area contributed by atoms with Crippen LogP contribution in [0.5, 0.6) is 23.0 Å². The van der Waals surface area contributed by atoms with E-state index in [1.54, 1.807) is 54.6 Å². The maximum atomic E-state index is 12.5. The van der Waals surface area contributed by atoms with Crippen molar-refractivity contribution in [2.75, 3.05) is 7.11 Å². The maximum Gasteiger partial charge on any atom is 0.336 e. The van der Waals surface area contributed by atoms with Crippen LogP contribution in [-0.4, -0.2) is 13.1 Å². The van der Waals surface area contributed by atoms with Gasteiger partial charge in [0.15, 0.2) is 11.5 Å². The first-order chi connectivity index (χ1) is 20.8. The minimum absolute atomic E-state index is 0.0567. The number of nitriles is 1. The Hall–Kier alpha value is -4.61. The van der Waals surface area contributed by atoms with Gasteiger partial charge in [0.05, 0.1) is 13.0 Å². The topological polar surface area (TPSA) is 104 Å². The van der Waals surface area contributed by atoms with E-state index in [1.165, 1.54) is 19.3 Å². The highest BCUT2D eigenvalue weighted by molar-refractivity contribution is 6.35. The molecule has 1 atom stereocenters. The first-order valence-corrected chi connectivity index (χ1v) is 14.0. The highest BCUT2D eigenvalue weighted by Crippen LogP contribution is 2.45. The van der Waals surface area contributed by atoms with Crippen molar-refractivity contribution in [2.24, 2.45) is 5.73 Å². The lowest BCUT2D eigenvalue weighted by Crippen LogP contribution is -2.21. The van der Waals surface area contributed by atoms with Crippen LogP contribution in [0.25, 0.3) is 6.08 Å². The summed E-state index contributed by atoms with van der Waals surface area (Å²) in [5.41, 5.74) is 9.21. The number of benzene rings is 4. The second kappa shape index (κ2) is 13.1. The highest BCUT2D eigenvalue weighted by atomic mass is 35.5. The van der Waals surface area contributed by atoms with Crippen LogP contribution in [0.15, 0.2) is 96.4 Å². The quantitative estimate of drug-likeness (QED) is 0.119. The molecule has 4 aromatic rings. The van der Waals surface area contributed by atoms with Gasteiger partial charge in [0.2, 0.25) is 5.88 Å². The van der Waals surface area contributed by atoms with Gasteiger partial charge in [-0.25, -0.2) is 4.79 Å². The minimum Gasteiger partial charge on any atom is -0.493 e. The summed E-state index contributed by atoms with van der Waals surface area (Å²) in [5.74, 6) is 0.279. The van der Waals surface area contributed by atoms with E-state index >= 15 is 0 Å². The third-order valence-corrected chi connectivity index (χ3v) is 7.56. The highest BCUT2D eigenvalue weighted by Gasteiger charge is 2.31. The van der Waals surface area contributed by atoms with E-state index in [0.717, 1.165) is 11.1 Å². The van der Waals surface area contributed by atoms with Gasteiger partial charge in [-0.15, -0.1) is 0 Å². The number of hydrogen-bond donors (Lipinski definition) is 1. The van der Waals surface area contributed by atoms with Gasteiger partial charge in [0.1, 0.15) is 29.7 Å². The largest absolute Gasteiger partial charge is 0.493 e. The van der Waals surface area contributed by atoms with Crippen molar-refractivity contribution in [3.8, 4) is 29.1 Å². The second-order valence-corrected chi connectivity index (χ2v) is 10.6. The maximum absolute atomic E-state index is 12.5. The lowest BCUT2D eigenvalue weighted by Gasteiger charge is -2.27. The van der Waals surface area contributed by atoms with Gasteiger partial charge in [0, 0.05) is 38.3 Å². The number of halogens is 3. The summed E-state index contributed by atoms with van der Waals surface area (Å²) in [6.07, 6.45) is 2.78. The smallest absolute Gasteiger partial charge is 0.336 e. The van der Waals surface area contributed by atoms with Crippen LogP contribution in [0.1, 0.15) is 28.2 Å². The van der Waals surface area contributed by atoms with Crippen molar-refractivity contribution in [1.29, 1.82) is 5.26 Å². The number of rotatable bonds is 8. The normalized spacial score (nSPS) is 14.1. The molecule has 0 radical (unpaired) electrons. The average molecular weight is 634 g/mol. The number of nitrogens with zero attached hydrogens (tertiary/aromatic N) is 1. The summed E-state index contributed by atoms with van der Waals surface area (Å²) >= 11 is 18.4. The average Bonchev–Trinajstić information content (AvgIpc) is 2.99. The predicted octanol–water partition coefficient (Wildman–Crippen LogP) is 8.07. The molecule has 7 nitrogen and oxygen atoms in total. The molecule has 43 heavy (non-hydrogen) atoms. The monoisotopic (exact) mass is 632 g/mol. The molecule has 5 rings (SSSR count). The van der Waals surface area contributed by atoms with E-state index < -0.39 is 11.9 Å². The van der Waals surface area contributed by atoms with Gasteiger partial charge in [-0.2, -0.15) is 5.26 Å². The number of esters is 1. The number of carbonyl (C=O) groups excluding carboxylic acids is 1. The molecule has 0 amide bonds. The van der Waals surface area contributed by atoms with Crippen LogP contribution in [0, 0.1) is 11.3 Å². The van der Waals surface area contributed by atoms with Gasteiger partial charge >= 0.3 is 5.97 Å². The zero-order valence-electron chi connectivity index (χ0n) is 22.6. The number of methoxy groups -OCH3 is 1.